The molecule has 1 aromatic rings. The lowest BCUT2D eigenvalue weighted by atomic mass is 10.0. The number of nitro benzene ring substituents is 1. The van der Waals surface area contributed by atoms with Crippen LogP contribution in [0, 0.1) is 16.0 Å². The molecule has 2 rings (SSSR count). The van der Waals surface area contributed by atoms with Gasteiger partial charge in [-0.2, -0.15) is 0 Å². The van der Waals surface area contributed by atoms with Crippen LogP contribution in [0.15, 0.2) is 29.2 Å². The van der Waals surface area contributed by atoms with Crippen molar-refractivity contribution in [1.82, 2.24) is 5.32 Å². The van der Waals surface area contributed by atoms with Gasteiger partial charge in [-0.1, -0.05) is 13.3 Å². The zero-order valence-electron chi connectivity index (χ0n) is 12.6. The van der Waals surface area contributed by atoms with Crippen molar-refractivity contribution in [2.24, 2.45) is 5.92 Å². The lowest BCUT2D eigenvalue weighted by molar-refractivity contribution is -0.384. The fourth-order valence-electron chi connectivity index (χ4n) is 2.97. The summed E-state index contributed by atoms with van der Waals surface area (Å²) in [5.41, 5.74) is 0.166. The van der Waals surface area contributed by atoms with Gasteiger partial charge < -0.3 is 5.32 Å². The molecule has 4 nitrogen and oxygen atoms in total. The summed E-state index contributed by atoms with van der Waals surface area (Å²) < 4.78 is 0. The second-order valence-corrected chi connectivity index (χ2v) is 6.81. The predicted octanol–water partition coefficient (Wildman–Crippen LogP) is 4.25. The van der Waals surface area contributed by atoms with Gasteiger partial charge in [-0.05, 0) is 56.0 Å². The Hall–Kier alpha value is -1.07. The minimum absolute atomic E-state index is 0.166. The van der Waals surface area contributed by atoms with Crippen molar-refractivity contribution >= 4 is 17.4 Å². The first-order valence-corrected chi connectivity index (χ1v) is 8.80. The number of nitrogens with one attached hydrogen (secondary N) is 1. The highest BCUT2D eigenvalue weighted by Gasteiger charge is 2.25. The topological polar surface area (TPSA) is 55.2 Å². The SMILES string of the molecule is CCCNC1CCCC1CCSc1ccc([N+](=O)[O-])cc1. The van der Waals surface area contributed by atoms with Crippen LogP contribution in [0.5, 0.6) is 0 Å². The number of nitrogens with zero attached hydrogens (tertiary/aromatic N) is 1. The molecule has 1 saturated carbocycles. The fraction of sp³-hybridized carbons (Fsp3) is 0.625. The van der Waals surface area contributed by atoms with Gasteiger partial charge in [-0.3, -0.25) is 10.1 Å². The Labute approximate surface area is 130 Å². The van der Waals surface area contributed by atoms with E-state index in [0.717, 1.165) is 23.1 Å². The van der Waals surface area contributed by atoms with Crippen LogP contribution in [0.2, 0.25) is 0 Å². The largest absolute Gasteiger partial charge is 0.314 e. The van der Waals surface area contributed by atoms with Gasteiger partial charge in [-0.25, -0.2) is 0 Å². The normalized spacial score (nSPS) is 21.6. The van der Waals surface area contributed by atoms with Crippen LogP contribution in [0.4, 0.5) is 5.69 Å². The molecule has 0 amide bonds. The number of hydrogen-bond acceptors (Lipinski definition) is 4. The Balaban J connectivity index is 1.74. The van der Waals surface area contributed by atoms with E-state index in [1.54, 1.807) is 23.9 Å². The molecule has 0 saturated heterocycles. The highest BCUT2D eigenvalue weighted by molar-refractivity contribution is 7.99. The highest BCUT2D eigenvalue weighted by atomic mass is 32.2. The first-order chi connectivity index (χ1) is 10.2. The lowest BCUT2D eigenvalue weighted by Gasteiger charge is -2.20. The minimum Gasteiger partial charge on any atom is -0.314 e. The van der Waals surface area contributed by atoms with Crippen LogP contribution in [0.25, 0.3) is 0 Å². The molecule has 5 heteroatoms. The van der Waals surface area contributed by atoms with Gasteiger partial charge in [-0.15, -0.1) is 11.8 Å². The third kappa shape index (κ3) is 5.00. The molecular weight excluding hydrogens is 284 g/mol. The van der Waals surface area contributed by atoms with Crippen molar-refractivity contribution < 1.29 is 4.92 Å². The van der Waals surface area contributed by atoms with Crippen LogP contribution in [0.3, 0.4) is 0 Å². The highest BCUT2D eigenvalue weighted by Crippen LogP contribution is 2.31. The molecule has 0 bridgehead atoms. The van der Waals surface area contributed by atoms with E-state index < -0.39 is 0 Å². The predicted molar refractivity (Wildman–Crippen MR) is 87.9 cm³/mol. The monoisotopic (exact) mass is 308 g/mol. The van der Waals surface area contributed by atoms with Crippen molar-refractivity contribution in [3.8, 4) is 0 Å². The Kier molecular flexibility index (Phi) is 6.51. The first-order valence-electron chi connectivity index (χ1n) is 7.81. The molecule has 1 aromatic carbocycles. The van der Waals surface area contributed by atoms with Crippen LogP contribution < -0.4 is 5.32 Å². The molecular formula is C16H24N2O2S. The first kappa shape index (κ1) is 16.3. The zero-order valence-corrected chi connectivity index (χ0v) is 13.4. The summed E-state index contributed by atoms with van der Waals surface area (Å²) in [5.74, 6) is 1.88. The smallest absolute Gasteiger partial charge is 0.269 e. The second-order valence-electron chi connectivity index (χ2n) is 5.64. The van der Waals surface area contributed by atoms with Crippen molar-refractivity contribution in [2.75, 3.05) is 12.3 Å². The number of benzene rings is 1. The average Bonchev–Trinajstić information content (AvgIpc) is 2.93. The number of thioether (sulfide) groups is 1. The molecule has 1 aliphatic rings. The maximum Gasteiger partial charge on any atom is 0.269 e. The Morgan fingerprint density at radius 3 is 2.76 bits per heavy atom. The maximum atomic E-state index is 10.6. The molecule has 1 aliphatic carbocycles. The Morgan fingerprint density at radius 1 is 1.33 bits per heavy atom. The summed E-state index contributed by atoms with van der Waals surface area (Å²) in [6.45, 7) is 3.33. The Bertz CT molecular complexity index is 450. The van der Waals surface area contributed by atoms with Gasteiger partial charge in [0.2, 0.25) is 0 Å². The van der Waals surface area contributed by atoms with E-state index in [9.17, 15) is 10.1 Å². The van der Waals surface area contributed by atoms with E-state index >= 15 is 0 Å². The fourth-order valence-corrected chi connectivity index (χ4v) is 3.96. The number of rotatable bonds is 8. The van der Waals surface area contributed by atoms with Gasteiger partial charge in [0.25, 0.3) is 5.69 Å². The third-order valence-electron chi connectivity index (χ3n) is 4.12. The standard InChI is InChI=1S/C16H24N2O2S/c1-2-11-17-16-5-3-4-13(16)10-12-21-15-8-6-14(7-9-15)18(19)20/h6-9,13,16-17H,2-5,10-12H2,1H3. The molecule has 0 spiro atoms. The molecule has 116 valence electrons. The van der Waals surface area contributed by atoms with Crippen molar-refractivity contribution in [2.45, 2.75) is 50.0 Å². The summed E-state index contributed by atoms with van der Waals surface area (Å²) >= 11 is 1.80. The zero-order chi connectivity index (χ0) is 15.1. The second kappa shape index (κ2) is 8.39. The quantitative estimate of drug-likeness (QED) is 0.443. The summed E-state index contributed by atoms with van der Waals surface area (Å²) in [6, 6.07) is 7.57. The summed E-state index contributed by atoms with van der Waals surface area (Å²) in [7, 11) is 0. The summed E-state index contributed by atoms with van der Waals surface area (Å²) in [6.07, 6.45) is 6.41. The number of non-ortho nitro benzene ring substituents is 1. The van der Waals surface area contributed by atoms with E-state index in [1.165, 1.54) is 32.1 Å². The van der Waals surface area contributed by atoms with Crippen LogP contribution in [0.1, 0.15) is 39.0 Å². The molecule has 0 heterocycles. The lowest BCUT2D eigenvalue weighted by Crippen LogP contribution is -2.33. The van der Waals surface area contributed by atoms with E-state index in [4.69, 9.17) is 0 Å². The van der Waals surface area contributed by atoms with Gasteiger partial charge in [0.15, 0.2) is 0 Å². The molecule has 2 atom stereocenters. The number of nitro groups is 1. The summed E-state index contributed by atoms with van der Waals surface area (Å²) in [4.78, 5) is 11.4. The minimum atomic E-state index is -0.350. The maximum absolute atomic E-state index is 10.6. The molecule has 21 heavy (non-hydrogen) atoms. The molecule has 0 aromatic heterocycles. The van der Waals surface area contributed by atoms with Crippen LogP contribution in [-0.4, -0.2) is 23.3 Å². The van der Waals surface area contributed by atoms with E-state index in [0.29, 0.717) is 6.04 Å². The molecule has 0 aliphatic heterocycles. The molecule has 0 radical (unpaired) electrons. The van der Waals surface area contributed by atoms with Gasteiger partial charge in [0.05, 0.1) is 4.92 Å². The van der Waals surface area contributed by atoms with Crippen LogP contribution in [-0.2, 0) is 0 Å². The average molecular weight is 308 g/mol. The molecule has 1 N–H and O–H groups in total. The Morgan fingerprint density at radius 2 is 2.10 bits per heavy atom. The van der Waals surface area contributed by atoms with Gasteiger partial charge >= 0.3 is 0 Å². The van der Waals surface area contributed by atoms with Crippen LogP contribution >= 0.6 is 11.8 Å². The number of hydrogen-bond donors (Lipinski definition) is 1. The third-order valence-corrected chi connectivity index (χ3v) is 5.17. The van der Waals surface area contributed by atoms with Crippen molar-refractivity contribution in [3.05, 3.63) is 34.4 Å². The van der Waals surface area contributed by atoms with Crippen molar-refractivity contribution in [3.63, 3.8) is 0 Å². The van der Waals surface area contributed by atoms with E-state index in [-0.39, 0.29) is 10.6 Å². The van der Waals surface area contributed by atoms with Crippen molar-refractivity contribution in [1.29, 1.82) is 0 Å². The summed E-state index contributed by atoms with van der Waals surface area (Å²) in [5, 5.41) is 14.3. The van der Waals surface area contributed by atoms with E-state index in [2.05, 4.69) is 12.2 Å². The molecule has 1 fully saturated rings. The molecule has 2 unspecified atom stereocenters. The van der Waals surface area contributed by atoms with Gasteiger partial charge in [0.1, 0.15) is 0 Å². The van der Waals surface area contributed by atoms with Gasteiger partial charge in [0, 0.05) is 23.1 Å². The van der Waals surface area contributed by atoms with E-state index in [1.807, 2.05) is 12.1 Å².